The molecule has 5 rings (SSSR count). The van der Waals surface area contributed by atoms with E-state index in [-0.39, 0.29) is 29.5 Å². The maximum Gasteiger partial charge on any atom is 0.296 e. The molecule has 7 heteroatoms. The molecule has 4 unspecified atom stereocenters. The van der Waals surface area contributed by atoms with Crippen molar-refractivity contribution >= 4 is 39.8 Å². The van der Waals surface area contributed by atoms with E-state index in [4.69, 9.17) is 16.3 Å². The van der Waals surface area contributed by atoms with Gasteiger partial charge in [-0.25, -0.2) is 4.98 Å². The fourth-order valence-corrected chi connectivity index (χ4v) is 5.86. The standard InChI is InChI=1S/C23H23ClN2O3S/c1-11-4-9-17-16(10-11)20(27)18-19(14-5-7-15(24)8-6-14)26(22(28)21(18)29-17)23-25-12(2)13(3)30-23/h5-8,11,16-17,19H,4,9-10H2,1-3H3. The van der Waals surface area contributed by atoms with Crippen molar-refractivity contribution < 1.29 is 14.3 Å². The molecule has 1 amide bonds. The highest BCUT2D eigenvalue weighted by atomic mass is 35.5. The van der Waals surface area contributed by atoms with Gasteiger partial charge in [0.2, 0.25) is 0 Å². The Morgan fingerprint density at radius 1 is 1.17 bits per heavy atom. The van der Waals surface area contributed by atoms with Crippen molar-refractivity contribution in [3.05, 3.63) is 56.8 Å². The number of ketones is 1. The van der Waals surface area contributed by atoms with Crippen LogP contribution in [-0.2, 0) is 14.3 Å². The second kappa shape index (κ2) is 7.20. The summed E-state index contributed by atoms with van der Waals surface area (Å²) in [5.41, 5.74) is 2.20. The van der Waals surface area contributed by atoms with E-state index in [1.807, 2.05) is 26.0 Å². The third-order valence-corrected chi connectivity index (χ3v) is 7.84. The Morgan fingerprint density at radius 2 is 1.90 bits per heavy atom. The Balaban J connectivity index is 1.65. The molecule has 0 spiro atoms. The Morgan fingerprint density at radius 3 is 2.57 bits per heavy atom. The van der Waals surface area contributed by atoms with Crippen molar-refractivity contribution in [2.75, 3.05) is 4.90 Å². The topological polar surface area (TPSA) is 59.5 Å². The molecule has 1 aromatic carbocycles. The van der Waals surface area contributed by atoms with Crippen LogP contribution in [0.25, 0.3) is 0 Å². The van der Waals surface area contributed by atoms with Gasteiger partial charge in [0, 0.05) is 9.90 Å². The minimum Gasteiger partial charge on any atom is -0.483 e. The maximum absolute atomic E-state index is 13.7. The van der Waals surface area contributed by atoms with E-state index < -0.39 is 6.04 Å². The Kier molecular flexibility index (Phi) is 4.75. The molecule has 3 heterocycles. The molecule has 1 fully saturated rings. The van der Waals surface area contributed by atoms with E-state index in [0.717, 1.165) is 35.4 Å². The summed E-state index contributed by atoms with van der Waals surface area (Å²) in [6.07, 6.45) is 2.42. The van der Waals surface area contributed by atoms with Crippen LogP contribution >= 0.6 is 22.9 Å². The summed E-state index contributed by atoms with van der Waals surface area (Å²) in [6, 6.07) is 6.78. The lowest BCUT2D eigenvalue weighted by Crippen LogP contribution is -2.41. The molecular weight excluding hydrogens is 420 g/mol. The minimum absolute atomic E-state index is 0.0496. The quantitative estimate of drug-likeness (QED) is 0.644. The number of benzene rings is 1. The van der Waals surface area contributed by atoms with Crippen molar-refractivity contribution in [3.8, 4) is 0 Å². The van der Waals surface area contributed by atoms with Gasteiger partial charge in [-0.15, -0.1) is 11.3 Å². The third kappa shape index (κ3) is 3.00. The van der Waals surface area contributed by atoms with Crippen LogP contribution in [0.15, 0.2) is 35.6 Å². The molecule has 2 aromatic rings. The summed E-state index contributed by atoms with van der Waals surface area (Å²) in [4.78, 5) is 34.5. The van der Waals surface area contributed by atoms with Gasteiger partial charge in [-0.3, -0.25) is 14.5 Å². The molecular formula is C23H23ClN2O3S. The SMILES string of the molecule is Cc1nc(N2C(=O)C3=C(C(=O)C4CC(C)CCC4O3)C2c2ccc(Cl)cc2)sc1C. The summed E-state index contributed by atoms with van der Waals surface area (Å²) < 4.78 is 6.23. The normalized spacial score (nSPS) is 28.5. The molecule has 0 radical (unpaired) electrons. The fraction of sp³-hybridized carbons (Fsp3) is 0.435. The van der Waals surface area contributed by atoms with E-state index >= 15 is 0 Å². The number of aryl methyl sites for hydroxylation is 2. The summed E-state index contributed by atoms with van der Waals surface area (Å²) in [5, 5.41) is 1.20. The molecule has 0 bridgehead atoms. The third-order valence-electron chi connectivity index (χ3n) is 6.52. The van der Waals surface area contributed by atoms with Gasteiger partial charge in [-0.05, 0) is 56.7 Å². The van der Waals surface area contributed by atoms with E-state index in [9.17, 15) is 9.59 Å². The smallest absolute Gasteiger partial charge is 0.296 e. The number of fused-ring (bicyclic) bond motifs is 1. The molecule has 0 saturated heterocycles. The van der Waals surface area contributed by atoms with Crippen LogP contribution < -0.4 is 4.90 Å². The number of aromatic nitrogens is 1. The van der Waals surface area contributed by atoms with Crippen LogP contribution in [0.3, 0.4) is 0 Å². The Hall–Kier alpha value is -2.18. The number of amides is 1. The zero-order valence-corrected chi connectivity index (χ0v) is 18.7. The zero-order chi connectivity index (χ0) is 21.2. The largest absolute Gasteiger partial charge is 0.483 e. The molecule has 156 valence electrons. The van der Waals surface area contributed by atoms with E-state index in [0.29, 0.717) is 21.6 Å². The van der Waals surface area contributed by atoms with E-state index in [1.54, 1.807) is 17.0 Å². The monoisotopic (exact) mass is 442 g/mol. The molecule has 1 aromatic heterocycles. The van der Waals surface area contributed by atoms with E-state index in [1.165, 1.54) is 11.3 Å². The first-order valence-electron chi connectivity index (χ1n) is 10.3. The fourth-order valence-electron chi connectivity index (χ4n) is 4.79. The first-order chi connectivity index (χ1) is 14.3. The van der Waals surface area contributed by atoms with Gasteiger partial charge in [0.15, 0.2) is 16.7 Å². The van der Waals surface area contributed by atoms with Gasteiger partial charge in [-0.2, -0.15) is 0 Å². The number of carbonyl (C=O) groups excluding carboxylic acids is 2. The van der Waals surface area contributed by atoms with Crippen molar-refractivity contribution in [1.82, 2.24) is 4.98 Å². The van der Waals surface area contributed by atoms with Gasteiger partial charge in [0.05, 0.1) is 23.2 Å². The number of thiazole rings is 1. The van der Waals surface area contributed by atoms with Crippen LogP contribution in [0, 0.1) is 25.7 Å². The average Bonchev–Trinajstić information content (AvgIpc) is 3.20. The molecule has 1 saturated carbocycles. The number of carbonyl (C=O) groups is 2. The van der Waals surface area contributed by atoms with Crippen molar-refractivity contribution in [3.63, 3.8) is 0 Å². The lowest BCUT2D eigenvalue weighted by atomic mass is 9.74. The zero-order valence-electron chi connectivity index (χ0n) is 17.1. The predicted octanol–water partition coefficient (Wildman–Crippen LogP) is 5.16. The van der Waals surface area contributed by atoms with Gasteiger partial charge in [0.25, 0.3) is 5.91 Å². The molecule has 30 heavy (non-hydrogen) atoms. The number of Topliss-reactive ketones (excluding diaryl/α,β-unsaturated/α-hetero) is 1. The van der Waals surface area contributed by atoms with E-state index in [2.05, 4.69) is 11.9 Å². The number of rotatable bonds is 2. The highest BCUT2D eigenvalue weighted by molar-refractivity contribution is 7.15. The first-order valence-corrected chi connectivity index (χ1v) is 11.5. The van der Waals surface area contributed by atoms with Crippen LogP contribution in [0.5, 0.6) is 0 Å². The predicted molar refractivity (Wildman–Crippen MR) is 117 cm³/mol. The maximum atomic E-state index is 13.7. The average molecular weight is 443 g/mol. The summed E-state index contributed by atoms with van der Waals surface area (Å²) in [5.74, 6) is 0.279. The van der Waals surface area contributed by atoms with Crippen molar-refractivity contribution in [2.45, 2.75) is 52.2 Å². The number of nitrogens with zero attached hydrogens (tertiary/aromatic N) is 2. The molecule has 4 atom stereocenters. The van der Waals surface area contributed by atoms with Crippen molar-refractivity contribution in [1.29, 1.82) is 0 Å². The minimum atomic E-state index is -0.541. The van der Waals surface area contributed by atoms with Gasteiger partial charge in [-0.1, -0.05) is 30.7 Å². The molecule has 0 N–H and O–H groups in total. The number of halogens is 1. The van der Waals surface area contributed by atoms with Gasteiger partial charge in [0.1, 0.15) is 6.10 Å². The summed E-state index contributed by atoms with van der Waals surface area (Å²) >= 11 is 7.57. The number of ether oxygens (including phenoxy) is 1. The van der Waals surface area contributed by atoms with Crippen LogP contribution in [0.2, 0.25) is 5.02 Å². The van der Waals surface area contributed by atoms with Gasteiger partial charge >= 0.3 is 0 Å². The number of hydrogen-bond donors (Lipinski definition) is 0. The lowest BCUT2D eigenvalue weighted by molar-refractivity contribution is -0.132. The molecule has 1 aliphatic carbocycles. The van der Waals surface area contributed by atoms with Crippen molar-refractivity contribution in [2.24, 2.45) is 11.8 Å². The second-order valence-electron chi connectivity index (χ2n) is 8.56. The second-order valence-corrected chi connectivity index (χ2v) is 10.2. The number of anilines is 1. The summed E-state index contributed by atoms with van der Waals surface area (Å²) in [6.45, 7) is 6.09. The van der Waals surface area contributed by atoms with Crippen LogP contribution in [0.1, 0.15) is 48.4 Å². The molecule has 2 aliphatic heterocycles. The lowest BCUT2D eigenvalue weighted by Gasteiger charge is -2.37. The Labute approximate surface area is 184 Å². The first kappa shape index (κ1) is 19.8. The number of hydrogen-bond acceptors (Lipinski definition) is 5. The van der Waals surface area contributed by atoms with Gasteiger partial charge < -0.3 is 4.74 Å². The Bertz CT molecular complexity index is 1060. The van der Waals surface area contributed by atoms with Crippen LogP contribution in [-0.4, -0.2) is 22.8 Å². The highest BCUT2D eigenvalue weighted by Gasteiger charge is 2.53. The highest BCUT2D eigenvalue weighted by Crippen LogP contribution is 2.49. The molecule has 5 nitrogen and oxygen atoms in total. The molecule has 3 aliphatic rings. The summed E-state index contributed by atoms with van der Waals surface area (Å²) in [7, 11) is 0. The van der Waals surface area contributed by atoms with Crippen LogP contribution in [0.4, 0.5) is 5.13 Å².